The summed E-state index contributed by atoms with van der Waals surface area (Å²) in [6.45, 7) is 5.92. The van der Waals surface area contributed by atoms with Crippen LogP contribution in [0, 0.1) is 17.7 Å². The topological polar surface area (TPSA) is 45.2 Å². The molecule has 3 fully saturated rings. The summed E-state index contributed by atoms with van der Waals surface area (Å²) < 4.78 is 24.8. The number of methoxy groups -OCH3 is 1. The van der Waals surface area contributed by atoms with Crippen LogP contribution in [0.1, 0.15) is 18.4 Å². The first-order valence-electron chi connectivity index (χ1n) is 9.68. The third-order valence-electron chi connectivity index (χ3n) is 6.35. The molecule has 1 aliphatic carbocycles. The number of rotatable bonds is 4. The zero-order valence-corrected chi connectivity index (χ0v) is 15.4. The Labute approximate surface area is 154 Å². The molecule has 4 rings (SSSR count). The maximum atomic E-state index is 14.3. The molecule has 0 aromatic heterocycles. The van der Waals surface area contributed by atoms with E-state index in [4.69, 9.17) is 9.47 Å². The van der Waals surface area contributed by atoms with Crippen molar-refractivity contribution in [3.63, 3.8) is 0 Å². The number of fused-ring (bicyclic) bond motifs is 1. The fraction of sp³-hybridized carbons (Fsp3) is 0.700. The number of nitrogens with zero attached hydrogens (tertiary/aromatic N) is 2. The van der Waals surface area contributed by atoms with Crippen molar-refractivity contribution in [1.82, 2.24) is 9.80 Å². The van der Waals surface area contributed by atoms with E-state index in [9.17, 15) is 9.50 Å². The Morgan fingerprint density at radius 1 is 1.19 bits per heavy atom. The maximum Gasteiger partial charge on any atom is 0.131 e. The lowest BCUT2D eigenvalue weighted by Gasteiger charge is -2.43. The Balaban J connectivity index is 1.38. The van der Waals surface area contributed by atoms with Gasteiger partial charge in [-0.2, -0.15) is 0 Å². The molecule has 1 saturated carbocycles. The molecule has 0 spiro atoms. The van der Waals surface area contributed by atoms with E-state index < -0.39 is 0 Å². The SMILES string of the molecule is COc1ccc(CN2C[C@H]3C[C@@H](N4CCOCC4)[C@H](O)C[C@H]3C2)c(F)c1. The highest BCUT2D eigenvalue weighted by Crippen LogP contribution is 2.39. The van der Waals surface area contributed by atoms with Crippen LogP contribution in [0.4, 0.5) is 4.39 Å². The quantitative estimate of drug-likeness (QED) is 0.882. The van der Waals surface area contributed by atoms with Gasteiger partial charge in [-0.3, -0.25) is 9.80 Å². The van der Waals surface area contributed by atoms with Crippen LogP contribution in [0.2, 0.25) is 0 Å². The van der Waals surface area contributed by atoms with Gasteiger partial charge in [-0.05, 0) is 30.7 Å². The summed E-state index contributed by atoms with van der Waals surface area (Å²) in [5, 5.41) is 10.7. The van der Waals surface area contributed by atoms with Gasteiger partial charge in [0, 0.05) is 50.4 Å². The number of ether oxygens (including phenoxy) is 2. The second kappa shape index (κ2) is 7.80. The zero-order chi connectivity index (χ0) is 18.1. The van der Waals surface area contributed by atoms with Crippen molar-refractivity contribution in [3.05, 3.63) is 29.6 Å². The molecular weight excluding hydrogens is 335 g/mol. The summed E-state index contributed by atoms with van der Waals surface area (Å²) >= 11 is 0. The second-order valence-electron chi connectivity index (χ2n) is 7.93. The van der Waals surface area contributed by atoms with E-state index in [0.717, 1.165) is 57.8 Å². The highest BCUT2D eigenvalue weighted by Gasteiger charge is 2.43. The molecule has 2 heterocycles. The first-order chi connectivity index (χ1) is 12.6. The first-order valence-corrected chi connectivity index (χ1v) is 9.68. The monoisotopic (exact) mass is 364 g/mol. The lowest BCUT2D eigenvalue weighted by molar-refractivity contribution is -0.0520. The van der Waals surface area contributed by atoms with Crippen LogP contribution in [0.3, 0.4) is 0 Å². The van der Waals surface area contributed by atoms with E-state index in [-0.39, 0.29) is 18.0 Å². The van der Waals surface area contributed by atoms with E-state index in [1.165, 1.54) is 6.07 Å². The third-order valence-corrected chi connectivity index (χ3v) is 6.35. The maximum absolute atomic E-state index is 14.3. The summed E-state index contributed by atoms with van der Waals surface area (Å²) in [4.78, 5) is 4.74. The first kappa shape index (κ1) is 18.2. The van der Waals surface area contributed by atoms with Gasteiger partial charge in [0.25, 0.3) is 0 Å². The van der Waals surface area contributed by atoms with E-state index >= 15 is 0 Å². The van der Waals surface area contributed by atoms with Gasteiger partial charge in [0.15, 0.2) is 0 Å². The summed E-state index contributed by atoms with van der Waals surface area (Å²) in [7, 11) is 1.55. The average Bonchev–Trinajstić information content (AvgIpc) is 3.04. The fourth-order valence-corrected chi connectivity index (χ4v) is 4.96. The van der Waals surface area contributed by atoms with Gasteiger partial charge in [-0.25, -0.2) is 4.39 Å². The molecule has 2 saturated heterocycles. The molecule has 144 valence electrons. The number of morpholine rings is 1. The molecule has 4 atom stereocenters. The minimum atomic E-state index is -0.257. The van der Waals surface area contributed by atoms with Gasteiger partial charge in [0.2, 0.25) is 0 Å². The molecule has 1 aromatic rings. The number of halogens is 1. The standard InChI is InChI=1S/C20H29FN2O3/c1-25-17-3-2-14(18(21)10-17)11-22-12-15-8-19(20(24)9-16(15)13-22)23-4-6-26-7-5-23/h2-3,10,15-16,19-20,24H,4-9,11-13H2,1H3/t15-,16+,19-,20-/m1/s1. The Hall–Kier alpha value is -1.21. The van der Waals surface area contributed by atoms with Gasteiger partial charge in [-0.15, -0.1) is 0 Å². The molecule has 0 amide bonds. The predicted octanol–water partition coefficient (Wildman–Crippen LogP) is 1.74. The molecule has 0 unspecified atom stereocenters. The number of aliphatic hydroxyl groups is 1. The summed E-state index contributed by atoms with van der Waals surface area (Å²) in [6.07, 6.45) is 1.63. The molecular formula is C20H29FN2O3. The van der Waals surface area contributed by atoms with Crippen molar-refractivity contribution >= 4 is 0 Å². The highest BCUT2D eigenvalue weighted by atomic mass is 19.1. The van der Waals surface area contributed by atoms with Crippen molar-refractivity contribution in [1.29, 1.82) is 0 Å². The van der Waals surface area contributed by atoms with Crippen LogP contribution < -0.4 is 4.74 Å². The highest BCUT2D eigenvalue weighted by molar-refractivity contribution is 5.29. The Morgan fingerprint density at radius 3 is 2.62 bits per heavy atom. The Kier molecular flexibility index (Phi) is 5.45. The van der Waals surface area contributed by atoms with Crippen molar-refractivity contribution < 1.29 is 19.0 Å². The minimum absolute atomic E-state index is 0.203. The van der Waals surface area contributed by atoms with Crippen LogP contribution in [0.15, 0.2) is 18.2 Å². The van der Waals surface area contributed by atoms with E-state index in [2.05, 4.69) is 9.80 Å². The second-order valence-corrected chi connectivity index (χ2v) is 7.93. The largest absolute Gasteiger partial charge is 0.497 e. The number of benzene rings is 1. The minimum Gasteiger partial charge on any atom is -0.497 e. The van der Waals surface area contributed by atoms with Gasteiger partial charge in [0.05, 0.1) is 26.4 Å². The van der Waals surface area contributed by atoms with Crippen molar-refractivity contribution in [3.8, 4) is 5.75 Å². The van der Waals surface area contributed by atoms with Gasteiger partial charge >= 0.3 is 0 Å². The van der Waals surface area contributed by atoms with Gasteiger partial charge < -0.3 is 14.6 Å². The molecule has 6 heteroatoms. The Morgan fingerprint density at radius 2 is 1.92 bits per heavy atom. The molecule has 3 aliphatic rings. The van der Waals surface area contributed by atoms with E-state index in [1.807, 2.05) is 12.1 Å². The van der Waals surface area contributed by atoms with Crippen molar-refractivity contribution in [2.45, 2.75) is 31.5 Å². The Bertz CT molecular complexity index is 623. The molecule has 5 nitrogen and oxygen atoms in total. The molecule has 0 bridgehead atoms. The van der Waals surface area contributed by atoms with Crippen LogP contribution in [0.5, 0.6) is 5.75 Å². The normalized spacial score (nSPS) is 33.2. The molecule has 2 aliphatic heterocycles. The smallest absolute Gasteiger partial charge is 0.131 e. The molecule has 1 N–H and O–H groups in total. The number of hydrogen-bond donors (Lipinski definition) is 1. The lowest BCUT2D eigenvalue weighted by atomic mass is 9.77. The van der Waals surface area contributed by atoms with Crippen LogP contribution in [0.25, 0.3) is 0 Å². The predicted molar refractivity (Wildman–Crippen MR) is 96.6 cm³/mol. The van der Waals surface area contributed by atoms with Crippen molar-refractivity contribution in [2.24, 2.45) is 11.8 Å². The summed E-state index contributed by atoms with van der Waals surface area (Å²) in [6, 6.07) is 5.34. The van der Waals surface area contributed by atoms with Gasteiger partial charge in [-0.1, -0.05) is 6.07 Å². The van der Waals surface area contributed by atoms with Gasteiger partial charge in [0.1, 0.15) is 11.6 Å². The number of likely N-dealkylation sites (tertiary alicyclic amines) is 1. The number of hydrogen-bond acceptors (Lipinski definition) is 5. The third kappa shape index (κ3) is 3.74. The van der Waals surface area contributed by atoms with Crippen LogP contribution in [-0.4, -0.2) is 73.6 Å². The lowest BCUT2D eigenvalue weighted by Crippen LogP contribution is -2.53. The molecule has 0 radical (unpaired) electrons. The van der Waals surface area contributed by atoms with Crippen LogP contribution in [-0.2, 0) is 11.3 Å². The molecule has 26 heavy (non-hydrogen) atoms. The molecule has 1 aromatic carbocycles. The van der Waals surface area contributed by atoms with Crippen molar-refractivity contribution in [2.75, 3.05) is 46.5 Å². The van der Waals surface area contributed by atoms with Crippen LogP contribution >= 0.6 is 0 Å². The number of aliphatic hydroxyl groups excluding tert-OH is 1. The van der Waals surface area contributed by atoms with E-state index in [0.29, 0.717) is 24.1 Å². The zero-order valence-electron chi connectivity index (χ0n) is 15.4. The summed E-state index contributed by atoms with van der Waals surface area (Å²) in [5.74, 6) is 1.46. The van der Waals surface area contributed by atoms with E-state index in [1.54, 1.807) is 7.11 Å². The fourth-order valence-electron chi connectivity index (χ4n) is 4.96. The summed E-state index contributed by atoms with van der Waals surface area (Å²) in [5.41, 5.74) is 0.717. The average molecular weight is 364 g/mol.